The lowest BCUT2D eigenvalue weighted by atomic mass is 9.74. The Labute approximate surface area is 117 Å². The molecule has 0 saturated heterocycles. The van der Waals surface area contributed by atoms with E-state index in [2.05, 4.69) is 10.2 Å². The van der Waals surface area contributed by atoms with E-state index in [4.69, 9.17) is 27.8 Å². The Kier molecular flexibility index (Phi) is 3.47. The lowest BCUT2D eigenvalue weighted by molar-refractivity contribution is 0.108. The largest absolute Gasteiger partial charge is 0.376 e. The summed E-state index contributed by atoms with van der Waals surface area (Å²) < 4.78 is 5.45. The van der Waals surface area contributed by atoms with Crippen molar-refractivity contribution in [3.05, 3.63) is 22.0 Å². The maximum absolute atomic E-state index is 6.59. The highest BCUT2D eigenvalue weighted by Gasteiger charge is 2.41. The molecule has 19 heavy (non-hydrogen) atoms. The molecule has 0 radical (unpaired) electrons. The van der Waals surface area contributed by atoms with E-state index < -0.39 is 5.54 Å². The summed E-state index contributed by atoms with van der Waals surface area (Å²) in [6.07, 6.45) is 4.79. The van der Waals surface area contributed by atoms with E-state index >= 15 is 0 Å². The molecule has 1 saturated carbocycles. The van der Waals surface area contributed by atoms with Gasteiger partial charge < -0.3 is 16.2 Å². The standard InChI is InChI=1S/C13H19ClN4O/c14-12-9-7-19-6-4-8(9)11(17-18-12)13(16)5-2-1-3-10(13)15/h10H,1-7,15-16H2. The third kappa shape index (κ3) is 2.14. The van der Waals surface area contributed by atoms with Crippen molar-refractivity contribution in [1.29, 1.82) is 0 Å². The molecule has 104 valence electrons. The van der Waals surface area contributed by atoms with E-state index in [1.165, 1.54) is 0 Å². The maximum Gasteiger partial charge on any atom is 0.157 e. The molecule has 2 unspecified atom stereocenters. The first-order valence-electron chi connectivity index (χ1n) is 6.79. The number of fused-ring (bicyclic) bond motifs is 1. The molecule has 2 atom stereocenters. The van der Waals surface area contributed by atoms with Crippen molar-refractivity contribution in [2.75, 3.05) is 6.61 Å². The summed E-state index contributed by atoms with van der Waals surface area (Å²) in [7, 11) is 0. The SMILES string of the molecule is NC1CCCCC1(N)c1nnc(Cl)c2c1CCOC2. The normalized spacial score (nSPS) is 31.0. The molecule has 1 aromatic heterocycles. The number of hydrogen-bond acceptors (Lipinski definition) is 5. The topological polar surface area (TPSA) is 87.1 Å². The predicted octanol–water partition coefficient (Wildman–Crippen LogP) is 1.26. The Hall–Kier alpha value is -0.750. The van der Waals surface area contributed by atoms with Gasteiger partial charge in [0.2, 0.25) is 0 Å². The van der Waals surface area contributed by atoms with Crippen LogP contribution in [0.4, 0.5) is 0 Å². The molecule has 3 rings (SSSR count). The number of aromatic nitrogens is 2. The van der Waals surface area contributed by atoms with Gasteiger partial charge >= 0.3 is 0 Å². The van der Waals surface area contributed by atoms with Crippen LogP contribution in [-0.2, 0) is 23.3 Å². The first-order valence-corrected chi connectivity index (χ1v) is 7.17. The Morgan fingerprint density at radius 1 is 1.26 bits per heavy atom. The molecule has 0 bridgehead atoms. The van der Waals surface area contributed by atoms with Crippen molar-refractivity contribution in [2.24, 2.45) is 11.5 Å². The minimum Gasteiger partial charge on any atom is -0.376 e. The minimum absolute atomic E-state index is 0.0660. The van der Waals surface area contributed by atoms with Crippen molar-refractivity contribution in [3.8, 4) is 0 Å². The van der Waals surface area contributed by atoms with Gasteiger partial charge in [0.1, 0.15) is 0 Å². The number of ether oxygens (including phenoxy) is 1. The monoisotopic (exact) mass is 282 g/mol. The first-order chi connectivity index (χ1) is 9.13. The average molecular weight is 283 g/mol. The van der Waals surface area contributed by atoms with Crippen LogP contribution in [0.3, 0.4) is 0 Å². The van der Waals surface area contributed by atoms with Crippen LogP contribution in [0, 0.1) is 0 Å². The number of nitrogens with zero attached hydrogens (tertiary/aromatic N) is 2. The second-order valence-corrected chi connectivity index (χ2v) is 5.85. The van der Waals surface area contributed by atoms with Gasteiger partial charge in [-0.2, -0.15) is 5.10 Å². The van der Waals surface area contributed by atoms with E-state index in [9.17, 15) is 0 Å². The highest BCUT2D eigenvalue weighted by atomic mass is 35.5. The van der Waals surface area contributed by atoms with E-state index in [-0.39, 0.29) is 6.04 Å². The zero-order valence-corrected chi connectivity index (χ0v) is 11.6. The molecule has 1 aromatic rings. The van der Waals surface area contributed by atoms with Crippen LogP contribution in [0.2, 0.25) is 5.15 Å². The van der Waals surface area contributed by atoms with Crippen LogP contribution in [-0.4, -0.2) is 22.8 Å². The molecule has 1 fully saturated rings. The summed E-state index contributed by atoms with van der Waals surface area (Å²) in [5.41, 5.74) is 15.1. The van der Waals surface area contributed by atoms with Crippen molar-refractivity contribution >= 4 is 11.6 Å². The maximum atomic E-state index is 6.59. The second-order valence-electron chi connectivity index (χ2n) is 5.49. The van der Waals surface area contributed by atoms with Crippen molar-refractivity contribution in [1.82, 2.24) is 10.2 Å². The molecule has 2 heterocycles. The smallest absolute Gasteiger partial charge is 0.157 e. The fraction of sp³-hybridized carbons (Fsp3) is 0.692. The van der Waals surface area contributed by atoms with Crippen LogP contribution >= 0.6 is 11.6 Å². The number of halogens is 1. The van der Waals surface area contributed by atoms with E-state index in [1.807, 2.05) is 0 Å². The predicted molar refractivity (Wildman–Crippen MR) is 72.7 cm³/mol. The van der Waals surface area contributed by atoms with Gasteiger partial charge in [0, 0.05) is 11.6 Å². The Morgan fingerprint density at radius 2 is 2.11 bits per heavy atom. The van der Waals surface area contributed by atoms with Crippen LogP contribution < -0.4 is 11.5 Å². The Bertz CT molecular complexity index is 496. The number of hydrogen-bond donors (Lipinski definition) is 2. The molecule has 1 aliphatic carbocycles. The quantitative estimate of drug-likeness (QED) is 0.810. The zero-order chi connectivity index (χ0) is 13.5. The van der Waals surface area contributed by atoms with Crippen molar-refractivity contribution < 1.29 is 4.74 Å². The summed E-state index contributed by atoms with van der Waals surface area (Å²) in [6.45, 7) is 1.16. The highest BCUT2D eigenvalue weighted by molar-refractivity contribution is 6.30. The van der Waals surface area contributed by atoms with Gasteiger partial charge in [0.05, 0.1) is 24.4 Å². The average Bonchev–Trinajstić information content (AvgIpc) is 2.43. The van der Waals surface area contributed by atoms with Crippen LogP contribution in [0.1, 0.15) is 42.5 Å². The summed E-state index contributed by atoms with van der Waals surface area (Å²) in [4.78, 5) is 0. The molecular formula is C13H19ClN4O. The summed E-state index contributed by atoms with van der Waals surface area (Å²) in [6, 6.07) is -0.0660. The van der Waals surface area contributed by atoms with Crippen molar-refractivity contribution in [2.45, 2.75) is 50.3 Å². The second kappa shape index (κ2) is 4.98. The molecule has 0 amide bonds. The molecule has 5 nitrogen and oxygen atoms in total. The van der Waals surface area contributed by atoms with Crippen LogP contribution in [0.25, 0.3) is 0 Å². The summed E-state index contributed by atoms with van der Waals surface area (Å²) in [5.74, 6) is 0. The highest BCUT2D eigenvalue weighted by Crippen LogP contribution is 2.37. The summed E-state index contributed by atoms with van der Waals surface area (Å²) >= 11 is 6.11. The number of rotatable bonds is 1. The molecular weight excluding hydrogens is 264 g/mol. The lowest BCUT2D eigenvalue weighted by Gasteiger charge is -2.40. The zero-order valence-electron chi connectivity index (χ0n) is 10.9. The minimum atomic E-state index is -0.572. The van der Waals surface area contributed by atoms with Gasteiger partial charge in [-0.05, 0) is 24.8 Å². The fourth-order valence-corrected chi connectivity index (χ4v) is 3.35. The first kappa shape index (κ1) is 13.2. The van der Waals surface area contributed by atoms with Gasteiger partial charge in [0.25, 0.3) is 0 Å². The van der Waals surface area contributed by atoms with Gasteiger partial charge in [-0.25, -0.2) is 0 Å². The van der Waals surface area contributed by atoms with Crippen molar-refractivity contribution in [3.63, 3.8) is 0 Å². The van der Waals surface area contributed by atoms with Gasteiger partial charge in [-0.3, -0.25) is 0 Å². The van der Waals surface area contributed by atoms with E-state index in [0.717, 1.165) is 48.9 Å². The van der Waals surface area contributed by atoms with Gasteiger partial charge in [-0.1, -0.05) is 24.4 Å². The molecule has 1 aliphatic heterocycles. The Balaban J connectivity index is 2.09. The summed E-state index contributed by atoms with van der Waals surface area (Å²) in [5, 5.41) is 8.76. The molecule has 4 N–H and O–H groups in total. The third-order valence-electron chi connectivity index (χ3n) is 4.34. The third-order valence-corrected chi connectivity index (χ3v) is 4.64. The molecule has 0 aromatic carbocycles. The lowest BCUT2D eigenvalue weighted by Crippen LogP contribution is -2.55. The fourth-order valence-electron chi connectivity index (χ4n) is 3.14. The van der Waals surface area contributed by atoms with Gasteiger partial charge in [0.15, 0.2) is 5.15 Å². The van der Waals surface area contributed by atoms with Crippen LogP contribution in [0.15, 0.2) is 0 Å². The Morgan fingerprint density at radius 3 is 2.89 bits per heavy atom. The molecule has 0 spiro atoms. The molecule has 6 heteroatoms. The van der Waals surface area contributed by atoms with E-state index in [1.54, 1.807) is 0 Å². The molecule has 2 aliphatic rings. The van der Waals surface area contributed by atoms with Gasteiger partial charge in [-0.15, -0.1) is 5.10 Å². The van der Waals surface area contributed by atoms with E-state index in [0.29, 0.717) is 18.4 Å². The number of nitrogens with two attached hydrogens (primary N) is 2. The van der Waals surface area contributed by atoms with Crippen LogP contribution in [0.5, 0.6) is 0 Å².